The molecular weight excluding hydrogens is 254 g/mol. The largest absolute Gasteiger partial charge is 0.322 e. The van der Waals surface area contributed by atoms with Crippen LogP contribution in [0.25, 0.3) is 21.7 Å². The molecule has 0 saturated carbocycles. The first-order valence-corrected chi connectivity index (χ1v) is 7.06. The number of imidazole rings is 1. The number of aromatic nitrogens is 2. The van der Waals surface area contributed by atoms with Gasteiger partial charge < -0.3 is 4.57 Å². The lowest BCUT2D eigenvalue weighted by Crippen LogP contribution is -2.06. The third-order valence-electron chi connectivity index (χ3n) is 3.07. The number of hydrogen-bond donors (Lipinski definition) is 0. The summed E-state index contributed by atoms with van der Waals surface area (Å²) in [6.07, 6.45) is 0. The number of nitrogens with zero attached hydrogens (tertiary/aromatic N) is 3. The van der Waals surface area contributed by atoms with Gasteiger partial charge in [-0.15, -0.1) is 11.3 Å². The molecule has 19 heavy (non-hydrogen) atoms. The van der Waals surface area contributed by atoms with Crippen molar-refractivity contribution in [3.63, 3.8) is 0 Å². The molecule has 3 rings (SSSR count). The van der Waals surface area contributed by atoms with Gasteiger partial charge in [0.15, 0.2) is 5.82 Å². The van der Waals surface area contributed by atoms with Crippen LogP contribution in [0, 0.1) is 17.2 Å². The van der Waals surface area contributed by atoms with Gasteiger partial charge in [-0.3, -0.25) is 0 Å². The Labute approximate surface area is 115 Å². The highest BCUT2D eigenvalue weighted by molar-refractivity contribution is 7.13. The molecule has 2 heterocycles. The topological polar surface area (TPSA) is 41.6 Å². The Morgan fingerprint density at radius 1 is 1.32 bits per heavy atom. The molecule has 0 spiro atoms. The predicted molar refractivity (Wildman–Crippen MR) is 77.8 cm³/mol. The Bertz CT molecular complexity index is 734. The lowest BCUT2D eigenvalue weighted by molar-refractivity contribution is 0.598. The number of hydrogen-bond acceptors (Lipinski definition) is 3. The predicted octanol–water partition coefficient (Wildman–Crippen LogP) is 3.92. The van der Waals surface area contributed by atoms with Crippen LogP contribution in [0.1, 0.15) is 6.92 Å². The van der Waals surface area contributed by atoms with Gasteiger partial charge >= 0.3 is 0 Å². The number of fused-ring (bicyclic) bond motifs is 1. The van der Waals surface area contributed by atoms with Crippen molar-refractivity contribution in [1.82, 2.24) is 9.55 Å². The van der Waals surface area contributed by atoms with Crippen LogP contribution >= 0.6 is 11.3 Å². The fourth-order valence-electron chi connectivity index (χ4n) is 2.17. The first-order chi connectivity index (χ1) is 9.29. The van der Waals surface area contributed by atoms with Gasteiger partial charge in [-0.05, 0) is 30.5 Å². The van der Waals surface area contributed by atoms with Gasteiger partial charge in [0, 0.05) is 6.54 Å². The van der Waals surface area contributed by atoms with Crippen molar-refractivity contribution in [2.45, 2.75) is 13.5 Å². The number of para-hydroxylation sites is 2. The minimum atomic E-state index is -0.0312. The molecule has 3 aromatic rings. The highest BCUT2D eigenvalue weighted by atomic mass is 32.1. The fraction of sp³-hybridized carbons (Fsp3) is 0.200. The second-order valence-electron chi connectivity index (χ2n) is 4.54. The number of rotatable bonds is 3. The summed E-state index contributed by atoms with van der Waals surface area (Å²) < 4.78 is 2.15. The average molecular weight is 267 g/mol. The number of nitriles is 1. The highest BCUT2D eigenvalue weighted by Gasteiger charge is 2.14. The second kappa shape index (κ2) is 4.87. The zero-order valence-corrected chi connectivity index (χ0v) is 11.4. The minimum absolute atomic E-state index is 0.0312. The molecule has 0 radical (unpaired) electrons. The van der Waals surface area contributed by atoms with Crippen molar-refractivity contribution in [2.24, 2.45) is 5.92 Å². The molecule has 0 amide bonds. The van der Waals surface area contributed by atoms with Gasteiger partial charge in [-0.1, -0.05) is 18.2 Å². The molecular formula is C15H13N3S. The molecule has 0 aliphatic carbocycles. The maximum Gasteiger partial charge on any atom is 0.151 e. The monoisotopic (exact) mass is 267 g/mol. The lowest BCUT2D eigenvalue weighted by Gasteiger charge is -2.09. The quantitative estimate of drug-likeness (QED) is 0.721. The first-order valence-electron chi connectivity index (χ1n) is 6.18. The van der Waals surface area contributed by atoms with E-state index in [0.29, 0.717) is 6.54 Å². The smallest absolute Gasteiger partial charge is 0.151 e. The molecule has 4 heteroatoms. The molecule has 0 fully saturated rings. The van der Waals surface area contributed by atoms with E-state index in [4.69, 9.17) is 10.2 Å². The SMILES string of the molecule is CC(C#N)Cn1c(-c2cccs2)nc2ccccc21. The summed E-state index contributed by atoms with van der Waals surface area (Å²) in [5.74, 6) is 0.926. The van der Waals surface area contributed by atoms with E-state index in [1.165, 1.54) is 0 Å². The standard InChI is InChI=1S/C15H13N3S/c1-11(9-16)10-18-13-6-3-2-5-12(13)17-15(18)14-7-4-8-19-14/h2-8,11H,10H2,1H3. The van der Waals surface area contributed by atoms with E-state index in [0.717, 1.165) is 21.7 Å². The number of benzene rings is 1. The van der Waals surface area contributed by atoms with E-state index < -0.39 is 0 Å². The maximum absolute atomic E-state index is 9.05. The van der Waals surface area contributed by atoms with Crippen LogP contribution in [0.2, 0.25) is 0 Å². The van der Waals surface area contributed by atoms with Crippen molar-refractivity contribution in [2.75, 3.05) is 0 Å². The summed E-state index contributed by atoms with van der Waals surface area (Å²) >= 11 is 1.67. The van der Waals surface area contributed by atoms with Gasteiger partial charge in [-0.25, -0.2) is 4.98 Å². The molecule has 0 N–H and O–H groups in total. The van der Waals surface area contributed by atoms with Gasteiger partial charge in [0.1, 0.15) is 0 Å². The van der Waals surface area contributed by atoms with Gasteiger partial charge in [0.05, 0.1) is 27.9 Å². The van der Waals surface area contributed by atoms with Crippen LogP contribution in [0.5, 0.6) is 0 Å². The zero-order chi connectivity index (χ0) is 13.2. The average Bonchev–Trinajstić information content (AvgIpc) is 3.06. The molecule has 94 valence electrons. The van der Waals surface area contributed by atoms with Gasteiger partial charge in [-0.2, -0.15) is 5.26 Å². The fourth-order valence-corrected chi connectivity index (χ4v) is 2.89. The molecule has 2 aromatic heterocycles. The summed E-state index contributed by atoms with van der Waals surface area (Å²) in [5.41, 5.74) is 2.07. The van der Waals surface area contributed by atoms with E-state index in [2.05, 4.69) is 22.8 Å². The molecule has 0 aliphatic rings. The summed E-state index contributed by atoms with van der Waals surface area (Å²) in [5, 5.41) is 11.1. The van der Waals surface area contributed by atoms with E-state index >= 15 is 0 Å². The van der Waals surface area contributed by atoms with Gasteiger partial charge in [0.2, 0.25) is 0 Å². The Morgan fingerprint density at radius 3 is 2.89 bits per heavy atom. The molecule has 1 unspecified atom stereocenters. The Hall–Kier alpha value is -2.12. The second-order valence-corrected chi connectivity index (χ2v) is 5.49. The van der Waals surface area contributed by atoms with Crippen molar-refractivity contribution in [3.8, 4) is 16.8 Å². The normalized spacial score (nSPS) is 12.4. The van der Waals surface area contributed by atoms with Crippen molar-refractivity contribution < 1.29 is 0 Å². The molecule has 0 aliphatic heterocycles. The van der Waals surface area contributed by atoms with Crippen molar-refractivity contribution in [3.05, 3.63) is 41.8 Å². The molecule has 1 atom stereocenters. The van der Waals surface area contributed by atoms with E-state index in [1.807, 2.05) is 36.6 Å². The van der Waals surface area contributed by atoms with Crippen LogP contribution in [-0.4, -0.2) is 9.55 Å². The van der Waals surface area contributed by atoms with E-state index in [-0.39, 0.29) is 5.92 Å². The van der Waals surface area contributed by atoms with Crippen LogP contribution in [0.15, 0.2) is 41.8 Å². The Morgan fingerprint density at radius 2 is 2.16 bits per heavy atom. The van der Waals surface area contributed by atoms with Crippen molar-refractivity contribution in [1.29, 1.82) is 5.26 Å². The Kier molecular flexibility index (Phi) is 3.06. The Balaban J connectivity index is 2.20. The third-order valence-corrected chi connectivity index (χ3v) is 3.94. The summed E-state index contributed by atoms with van der Waals surface area (Å²) in [7, 11) is 0. The molecule has 0 bridgehead atoms. The summed E-state index contributed by atoms with van der Waals surface area (Å²) in [4.78, 5) is 5.85. The summed E-state index contributed by atoms with van der Waals surface area (Å²) in [6.45, 7) is 2.61. The van der Waals surface area contributed by atoms with Crippen molar-refractivity contribution >= 4 is 22.4 Å². The third kappa shape index (κ3) is 2.13. The van der Waals surface area contributed by atoms with Crippen LogP contribution in [0.3, 0.4) is 0 Å². The number of thiophene rings is 1. The molecule has 1 aromatic carbocycles. The molecule has 0 saturated heterocycles. The van der Waals surface area contributed by atoms with Crippen LogP contribution < -0.4 is 0 Å². The van der Waals surface area contributed by atoms with Crippen LogP contribution in [0.4, 0.5) is 0 Å². The lowest BCUT2D eigenvalue weighted by atomic mass is 10.2. The zero-order valence-electron chi connectivity index (χ0n) is 10.6. The first kappa shape index (κ1) is 11.9. The van der Waals surface area contributed by atoms with Crippen LogP contribution in [-0.2, 0) is 6.54 Å². The highest BCUT2D eigenvalue weighted by Crippen LogP contribution is 2.28. The van der Waals surface area contributed by atoms with Gasteiger partial charge in [0.25, 0.3) is 0 Å². The van der Waals surface area contributed by atoms with E-state index in [1.54, 1.807) is 11.3 Å². The molecule has 3 nitrogen and oxygen atoms in total. The van der Waals surface area contributed by atoms with E-state index in [9.17, 15) is 0 Å². The summed E-state index contributed by atoms with van der Waals surface area (Å²) in [6, 6.07) is 14.5. The minimum Gasteiger partial charge on any atom is -0.322 e. The maximum atomic E-state index is 9.05.